The fourth-order valence-corrected chi connectivity index (χ4v) is 7.47. The summed E-state index contributed by atoms with van der Waals surface area (Å²) in [5, 5.41) is 0. The topological polar surface area (TPSA) is 55.8 Å². The van der Waals surface area contributed by atoms with Crippen LogP contribution < -0.4 is 9.47 Å². The first kappa shape index (κ1) is 30.6. The average Bonchev–Trinajstić information content (AvgIpc) is 2.90. The summed E-state index contributed by atoms with van der Waals surface area (Å²) in [6.45, 7) is 14.6. The Morgan fingerprint density at radius 3 is 2.00 bits per heavy atom. The van der Waals surface area contributed by atoms with E-state index in [4.69, 9.17) is 9.47 Å². The van der Waals surface area contributed by atoms with Crippen molar-refractivity contribution in [3.63, 3.8) is 0 Å². The Labute approximate surface area is 259 Å². The number of nitrogens with zero attached hydrogens (tertiary/aromatic N) is 1. The van der Waals surface area contributed by atoms with Gasteiger partial charge in [-0.2, -0.15) is 0 Å². The van der Waals surface area contributed by atoms with E-state index in [0.717, 1.165) is 64.8 Å². The highest BCUT2D eigenvalue weighted by molar-refractivity contribution is 9.10. The average molecular weight is 635 g/mol. The number of carbonyl (C=O) groups excluding carboxylic acids is 2. The van der Waals surface area contributed by atoms with E-state index in [-0.39, 0.29) is 22.4 Å². The molecule has 5 rings (SSSR count). The lowest BCUT2D eigenvalue weighted by Gasteiger charge is -2.49. The molecule has 1 aliphatic heterocycles. The molecule has 0 bridgehead atoms. The SMILES string of the molecule is CCCOc1c(Br)cc(C2C3=C(CC(C)(C)CC3=O)N(CCc3ccccc3)C3=C2C(=O)CC(C)(C)C3)cc1OCC. The first-order valence-corrected chi connectivity index (χ1v) is 16.2. The maximum atomic E-state index is 14.2. The van der Waals surface area contributed by atoms with Gasteiger partial charge in [-0.15, -0.1) is 0 Å². The minimum atomic E-state index is -0.425. The van der Waals surface area contributed by atoms with Gasteiger partial charge in [0.05, 0.1) is 17.7 Å². The predicted molar refractivity (Wildman–Crippen MR) is 171 cm³/mol. The molecule has 0 saturated carbocycles. The van der Waals surface area contributed by atoms with Crippen LogP contribution in [0.3, 0.4) is 0 Å². The van der Waals surface area contributed by atoms with Gasteiger partial charge in [-0.3, -0.25) is 9.59 Å². The Kier molecular flexibility index (Phi) is 8.76. The van der Waals surface area contributed by atoms with Crippen molar-refractivity contribution in [1.82, 2.24) is 4.90 Å². The van der Waals surface area contributed by atoms with Crippen LogP contribution >= 0.6 is 15.9 Å². The van der Waals surface area contributed by atoms with Crippen LogP contribution in [0.1, 0.15) is 90.7 Å². The molecule has 3 aliphatic rings. The van der Waals surface area contributed by atoms with Crippen molar-refractivity contribution in [3.8, 4) is 11.5 Å². The predicted octanol–water partition coefficient (Wildman–Crippen LogP) is 8.56. The van der Waals surface area contributed by atoms with E-state index >= 15 is 0 Å². The van der Waals surface area contributed by atoms with E-state index in [1.165, 1.54) is 5.56 Å². The second-order valence-electron chi connectivity index (χ2n) is 13.5. The van der Waals surface area contributed by atoms with Gasteiger partial charge in [0.25, 0.3) is 0 Å². The number of hydrogen-bond acceptors (Lipinski definition) is 5. The molecule has 0 spiro atoms. The molecule has 2 aromatic carbocycles. The van der Waals surface area contributed by atoms with E-state index in [2.05, 4.69) is 79.7 Å². The van der Waals surface area contributed by atoms with Crippen molar-refractivity contribution in [3.05, 3.63) is 80.6 Å². The molecule has 1 heterocycles. The molecule has 0 atom stereocenters. The third kappa shape index (κ3) is 6.10. The second kappa shape index (κ2) is 12.0. The van der Waals surface area contributed by atoms with Gasteiger partial charge < -0.3 is 14.4 Å². The molecular weight excluding hydrogens is 590 g/mol. The number of hydrogen-bond donors (Lipinski definition) is 0. The number of ether oxygens (including phenoxy) is 2. The van der Waals surface area contributed by atoms with Crippen molar-refractivity contribution in [1.29, 1.82) is 0 Å². The fraction of sp³-hybridized carbons (Fsp3) is 0.500. The van der Waals surface area contributed by atoms with Gasteiger partial charge in [-0.25, -0.2) is 0 Å². The fourth-order valence-electron chi connectivity index (χ4n) is 6.90. The summed E-state index contributed by atoms with van der Waals surface area (Å²) in [6.07, 6.45) is 4.24. The molecule has 224 valence electrons. The maximum absolute atomic E-state index is 14.2. The van der Waals surface area contributed by atoms with Crippen molar-refractivity contribution >= 4 is 27.5 Å². The van der Waals surface area contributed by atoms with Gasteiger partial charge in [0.15, 0.2) is 23.1 Å². The Bertz CT molecular complexity index is 1380. The van der Waals surface area contributed by atoms with Crippen LogP contribution in [0.2, 0.25) is 0 Å². The number of carbonyl (C=O) groups is 2. The lowest BCUT2D eigenvalue weighted by Crippen LogP contribution is -2.45. The molecule has 0 aromatic heterocycles. The number of benzene rings is 2. The number of Topliss-reactive ketones (excluding diaryl/α,β-unsaturated/α-hetero) is 2. The Morgan fingerprint density at radius 2 is 1.45 bits per heavy atom. The summed E-state index contributed by atoms with van der Waals surface area (Å²) in [5.74, 6) is 1.16. The molecule has 2 aliphatic carbocycles. The molecule has 0 unspecified atom stereocenters. The van der Waals surface area contributed by atoms with Crippen LogP contribution in [-0.4, -0.2) is 36.2 Å². The molecule has 42 heavy (non-hydrogen) atoms. The molecule has 0 fully saturated rings. The van der Waals surface area contributed by atoms with Gasteiger partial charge in [-0.1, -0.05) is 65.0 Å². The maximum Gasteiger partial charge on any atom is 0.175 e. The van der Waals surface area contributed by atoms with Gasteiger partial charge in [-0.05, 0) is 82.6 Å². The van der Waals surface area contributed by atoms with E-state index in [1.807, 2.05) is 25.1 Å². The third-order valence-electron chi connectivity index (χ3n) is 8.60. The van der Waals surface area contributed by atoms with Crippen LogP contribution in [0.4, 0.5) is 0 Å². The summed E-state index contributed by atoms with van der Waals surface area (Å²) >= 11 is 3.75. The smallest absolute Gasteiger partial charge is 0.175 e. The van der Waals surface area contributed by atoms with Gasteiger partial charge in [0.1, 0.15) is 0 Å². The molecule has 5 nitrogen and oxygen atoms in total. The summed E-state index contributed by atoms with van der Waals surface area (Å²) < 4.78 is 12.9. The minimum Gasteiger partial charge on any atom is -0.490 e. The van der Waals surface area contributed by atoms with Gasteiger partial charge >= 0.3 is 0 Å². The standard InChI is InChI=1S/C36H44BrNO4/c1-7-16-42-34-25(37)17-24(18-30(34)41-8-2)31-32-26(19-35(3,4)21-28(32)39)38(15-14-23-12-10-9-11-13-23)27-20-36(5,6)22-29(40)33(27)31/h9-13,17-18,31H,7-8,14-16,19-22H2,1-6H3. The molecular formula is C36H44BrNO4. The normalized spacial score (nSPS) is 20.0. The molecule has 0 amide bonds. The number of halogens is 1. The number of rotatable bonds is 9. The first-order valence-electron chi connectivity index (χ1n) is 15.4. The Balaban J connectivity index is 1.71. The van der Waals surface area contributed by atoms with Crippen LogP contribution in [0.15, 0.2) is 69.5 Å². The molecule has 0 N–H and O–H groups in total. The van der Waals surface area contributed by atoms with E-state index in [0.29, 0.717) is 37.6 Å². The van der Waals surface area contributed by atoms with Gasteiger partial charge in [0, 0.05) is 47.8 Å². The van der Waals surface area contributed by atoms with Crippen LogP contribution in [0, 0.1) is 10.8 Å². The van der Waals surface area contributed by atoms with E-state index in [9.17, 15) is 9.59 Å². The van der Waals surface area contributed by atoms with Crippen molar-refractivity contribution < 1.29 is 19.1 Å². The minimum absolute atomic E-state index is 0.139. The van der Waals surface area contributed by atoms with Crippen molar-refractivity contribution in [2.24, 2.45) is 10.8 Å². The van der Waals surface area contributed by atoms with Crippen molar-refractivity contribution in [2.75, 3.05) is 19.8 Å². The van der Waals surface area contributed by atoms with E-state index < -0.39 is 5.92 Å². The Morgan fingerprint density at radius 1 is 0.857 bits per heavy atom. The highest BCUT2D eigenvalue weighted by Crippen LogP contribution is 2.55. The highest BCUT2D eigenvalue weighted by Gasteiger charge is 2.49. The van der Waals surface area contributed by atoms with Gasteiger partial charge in [0.2, 0.25) is 0 Å². The number of allylic oxidation sites excluding steroid dienone is 4. The summed E-state index contributed by atoms with van der Waals surface area (Å²) in [5.41, 5.74) is 5.57. The zero-order valence-electron chi connectivity index (χ0n) is 25.9. The first-order chi connectivity index (χ1) is 19.9. The van der Waals surface area contributed by atoms with Crippen molar-refractivity contribution in [2.45, 2.75) is 86.0 Å². The van der Waals surface area contributed by atoms with Crippen LogP contribution in [0.25, 0.3) is 0 Å². The van der Waals surface area contributed by atoms with E-state index in [1.54, 1.807) is 0 Å². The lowest BCUT2D eigenvalue weighted by molar-refractivity contribution is -0.119. The highest BCUT2D eigenvalue weighted by atomic mass is 79.9. The zero-order valence-corrected chi connectivity index (χ0v) is 27.5. The zero-order chi connectivity index (χ0) is 30.2. The van der Waals surface area contributed by atoms with Crippen LogP contribution in [0.5, 0.6) is 11.5 Å². The second-order valence-corrected chi connectivity index (χ2v) is 14.4. The molecule has 0 radical (unpaired) electrons. The molecule has 6 heteroatoms. The largest absolute Gasteiger partial charge is 0.490 e. The molecule has 2 aromatic rings. The third-order valence-corrected chi connectivity index (χ3v) is 9.19. The number of ketones is 2. The summed E-state index contributed by atoms with van der Waals surface area (Å²) in [7, 11) is 0. The monoisotopic (exact) mass is 633 g/mol. The lowest BCUT2D eigenvalue weighted by atomic mass is 9.63. The molecule has 0 saturated heterocycles. The Hall–Kier alpha value is -2.86. The summed E-state index contributed by atoms with van der Waals surface area (Å²) in [6, 6.07) is 14.5. The summed E-state index contributed by atoms with van der Waals surface area (Å²) in [4.78, 5) is 30.7. The quantitative estimate of drug-likeness (QED) is 0.277. The van der Waals surface area contributed by atoms with Crippen LogP contribution in [-0.2, 0) is 16.0 Å².